The molecular formula is C24H30ClN3O. The zero-order chi connectivity index (χ0) is 20.2. The van der Waals surface area contributed by atoms with Gasteiger partial charge in [0.05, 0.1) is 23.7 Å². The van der Waals surface area contributed by atoms with Crippen molar-refractivity contribution in [1.82, 2.24) is 14.5 Å². The van der Waals surface area contributed by atoms with E-state index in [1.807, 2.05) is 12.1 Å². The minimum atomic E-state index is 0.251. The lowest BCUT2D eigenvalue weighted by atomic mass is 9.95. The lowest BCUT2D eigenvalue weighted by Crippen LogP contribution is -2.33. The first-order valence-electron chi connectivity index (χ1n) is 10.6. The van der Waals surface area contributed by atoms with E-state index in [0.717, 1.165) is 56.2 Å². The minimum Gasteiger partial charge on any atom is -0.377 e. The topological polar surface area (TPSA) is 30.3 Å². The predicted octanol–water partition coefficient (Wildman–Crippen LogP) is 5.49. The summed E-state index contributed by atoms with van der Waals surface area (Å²) in [4.78, 5) is 7.53. The third-order valence-electron chi connectivity index (χ3n) is 5.75. The summed E-state index contributed by atoms with van der Waals surface area (Å²) in [5.41, 5.74) is 3.52. The molecule has 4 rings (SSSR count). The number of fused-ring (bicyclic) bond motifs is 1. The second-order valence-electron chi connectivity index (χ2n) is 8.17. The molecule has 0 spiro atoms. The molecule has 0 saturated carbocycles. The average Bonchev–Trinajstić information content (AvgIpc) is 3.09. The van der Waals surface area contributed by atoms with Crippen molar-refractivity contribution in [3.05, 3.63) is 64.9 Å². The zero-order valence-corrected chi connectivity index (χ0v) is 18.1. The number of hydrogen-bond donors (Lipinski definition) is 0. The van der Waals surface area contributed by atoms with Gasteiger partial charge in [0.2, 0.25) is 0 Å². The molecule has 0 unspecified atom stereocenters. The van der Waals surface area contributed by atoms with Crippen LogP contribution in [0.25, 0.3) is 11.0 Å². The second kappa shape index (κ2) is 9.29. The van der Waals surface area contributed by atoms with E-state index in [1.165, 1.54) is 16.9 Å². The van der Waals surface area contributed by atoms with E-state index >= 15 is 0 Å². The summed E-state index contributed by atoms with van der Waals surface area (Å²) < 4.78 is 8.21. The highest BCUT2D eigenvalue weighted by atomic mass is 35.5. The quantitative estimate of drug-likeness (QED) is 0.514. The molecule has 2 heterocycles. The van der Waals surface area contributed by atoms with Crippen molar-refractivity contribution in [1.29, 1.82) is 0 Å². The van der Waals surface area contributed by atoms with Gasteiger partial charge in [-0.05, 0) is 63.5 Å². The molecule has 1 aliphatic rings. The van der Waals surface area contributed by atoms with Gasteiger partial charge in [-0.25, -0.2) is 4.98 Å². The van der Waals surface area contributed by atoms with Gasteiger partial charge in [-0.3, -0.25) is 4.90 Å². The molecule has 0 radical (unpaired) electrons. The number of ether oxygens (including phenoxy) is 1. The number of likely N-dealkylation sites (tertiary alicyclic amines) is 1. The molecule has 4 nitrogen and oxygen atoms in total. The highest BCUT2D eigenvalue weighted by Crippen LogP contribution is 2.31. The Bertz CT molecular complexity index is 944. The molecule has 1 aromatic heterocycles. The van der Waals surface area contributed by atoms with E-state index < -0.39 is 0 Å². The van der Waals surface area contributed by atoms with Gasteiger partial charge in [-0.15, -0.1) is 0 Å². The summed E-state index contributed by atoms with van der Waals surface area (Å²) >= 11 is 6.35. The SMILES string of the molecule is CC(C)OCCn1c(C2CCN(Cc3ccccc3Cl)CC2)nc2ccccc21. The third-order valence-corrected chi connectivity index (χ3v) is 6.12. The van der Waals surface area contributed by atoms with E-state index in [2.05, 4.69) is 59.7 Å². The molecule has 1 fully saturated rings. The summed E-state index contributed by atoms with van der Waals surface area (Å²) in [6, 6.07) is 16.6. The van der Waals surface area contributed by atoms with Crippen LogP contribution in [0.2, 0.25) is 5.02 Å². The standard InChI is InChI=1S/C24H30ClN3O/c1-18(2)29-16-15-28-23-10-6-5-9-22(23)26-24(28)19-11-13-27(14-12-19)17-20-7-3-4-8-21(20)25/h3-10,18-19H,11-17H2,1-2H3. The van der Waals surface area contributed by atoms with Crippen LogP contribution in [0.4, 0.5) is 0 Å². The van der Waals surface area contributed by atoms with Crippen molar-refractivity contribution in [2.75, 3.05) is 19.7 Å². The number of rotatable bonds is 7. The fourth-order valence-electron chi connectivity index (χ4n) is 4.24. The molecule has 0 atom stereocenters. The van der Waals surface area contributed by atoms with E-state index in [0.29, 0.717) is 5.92 Å². The smallest absolute Gasteiger partial charge is 0.113 e. The van der Waals surface area contributed by atoms with E-state index in [9.17, 15) is 0 Å². The fraction of sp³-hybridized carbons (Fsp3) is 0.458. The first-order chi connectivity index (χ1) is 14.1. The summed E-state index contributed by atoms with van der Waals surface area (Å²) in [7, 11) is 0. The first-order valence-corrected chi connectivity index (χ1v) is 11.0. The predicted molar refractivity (Wildman–Crippen MR) is 120 cm³/mol. The summed E-state index contributed by atoms with van der Waals surface area (Å²) in [5, 5.41) is 0.863. The Morgan fingerprint density at radius 1 is 1.07 bits per heavy atom. The molecule has 5 heteroatoms. The van der Waals surface area contributed by atoms with Gasteiger partial charge in [0.25, 0.3) is 0 Å². The molecule has 0 aliphatic carbocycles. The summed E-state index contributed by atoms with van der Waals surface area (Å²) in [6.07, 6.45) is 2.50. The fourth-order valence-corrected chi connectivity index (χ4v) is 4.43. The number of nitrogens with zero attached hydrogens (tertiary/aromatic N) is 3. The van der Waals surface area contributed by atoms with Gasteiger partial charge in [-0.1, -0.05) is 41.9 Å². The molecule has 0 amide bonds. The van der Waals surface area contributed by atoms with Crippen LogP contribution in [-0.2, 0) is 17.8 Å². The number of piperidine rings is 1. The van der Waals surface area contributed by atoms with Crippen LogP contribution in [0.3, 0.4) is 0 Å². The van der Waals surface area contributed by atoms with Crippen molar-refractivity contribution < 1.29 is 4.74 Å². The second-order valence-corrected chi connectivity index (χ2v) is 8.58. The number of para-hydroxylation sites is 2. The Morgan fingerprint density at radius 3 is 2.55 bits per heavy atom. The van der Waals surface area contributed by atoms with Crippen LogP contribution in [0.15, 0.2) is 48.5 Å². The normalized spacial score (nSPS) is 16.1. The van der Waals surface area contributed by atoms with Crippen molar-refractivity contribution in [2.24, 2.45) is 0 Å². The van der Waals surface area contributed by atoms with Crippen LogP contribution < -0.4 is 0 Å². The van der Waals surface area contributed by atoms with Crippen molar-refractivity contribution in [3.8, 4) is 0 Å². The lowest BCUT2D eigenvalue weighted by molar-refractivity contribution is 0.0724. The Hall–Kier alpha value is -1.88. The maximum absolute atomic E-state index is 6.35. The first kappa shape index (κ1) is 20.4. The maximum Gasteiger partial charge on any atom is 0.113 e. The molecular weight excluding hydrogens is 382 g/mol. The number of hydrogen-bond acceptors (Lipinski definition) is 3. The molecule has 0 N–H and O–H groups in total. The van der Waals surface area contributed by atoms with E-state index in [-0.39, 0.29) is 6.10 Å². The lowest BCUT2D eigenvalue weighted by Gasteiger charge is -2.32. The van der Waals surface area contributed by atoms with Crippen LogP contribution in [0.1, 0.15) is 44.0 Å². The molecule has 3 aromatic rings. The van der Waals surface area contributed by atoms with Crippen molar-refractivity contribution in [3.63, 3.8) is 0 Å². The van der Waals surface area contributed by atoms with E-state index in [1.54, 1.807) is 0 Å². The van der Waals surface area contributed by atoms with Gasteiger partial charge >= 0.3 is 0 Å². The number of benzene rings is 2. The number of aromatic nitrogens is 2. The van der Waals surface area contributed by atoms with Gasteiger partial charge in [0.15, 0.2) is 0 Å². The third kappa shape index (κ3) is 4.82. The minimum absolute atomic E-state index is 0.251. The average molecular weight is 412 g/mol. The highest BCUT2D eigenvalue weighted by Gasteiger charge is 2.25. The molecule has 0 bridgehead atoms. The van der Waals surface area contributed by atoms with Crippen LogP contribution in [0.5, 0.6) is 0 Å². The largest absolute Gasteiger partial charge is 0.377 e. The Labute approximate surface area is 178 Å². The molecule has 154 valence electrons. The zero-order valence-electron chi connectivity index (χ0n) is 17.4. The number of imidazole rings is 1. The molecule has 2 aromatic carbocycles. The van der Waals surface area contributed by atoms with E-state index in [4.69, 9.17) is 21.3 Å². The molecule has 29 heavy (non-hydrogen) atoms. The highest BCUT2D eigenvalue weighted by molar-refractivity contribution is 6.31. The van der Waals surface area contributed by atoms with Gasteiger partial charge in [0.1, 0.15) is 5.82 Å². The van der Waals surface area contributed by atoms with Crippen LogP contribution >= 0.6 is 11.6 Å². The summed E-state index contributed by atoms with van der Waals surface area (Å²) in [5.74, 6) is 1.71. The maximum atomic E-state index is 6.35. The molecule has 1 aliphatic heterocycles. The van der Waals surface area contributed by atoms with Crippen molar-refractivity contribution >= 4 is 22.6 Å². The Kier molecular flexibility index (Phi) is 6.53. The monoisotopic (exact) mass is 411 g/mol. The Morgan fingerprint density at radius 2 is 1.79 bits per heavy atom. The number of halogens is 1. The van der Waals surface area contributed by atoms with Crippen LogP contribution in [-0.4, -0.2) is 40.3 Å². The van der Waals surface area contributed by atoms with Gasteiger partial charge < -0.3 is 9.30 Å². The van der Waals surface area contributed by atoms with Crippen molar-refractivity contribution in [2.45, 2.75) is 51.8 Å². The van der Waals surface area contributed by atoms with Gasteiger partial charge in [-0.2, -0.15) is 0 Å². The molecule has 1 saturated heterocycles. The van der Waals surface area contributed by atoms with Gasteiger partial charge in [0, 0.05) is 24.0 Å². The van der Waals surface area contributed by atoms with Crippen LogP contribution in [0, 0.1) is 0 Å². The summed E-state index contributed by atoms with van der Waals surface area (Å²) in [6.45, 7) is 8.81. The Balaban J connectivity index is 1.47.